The molecule has 0 aromatic heterocycles. The van der Waals surface area contributed by atoms with Crippen LogP contribution in [0.25, 0.3) is 0 Å². The quantitative estimate of drug-likeness (QED) is 0.722. The van der Waals surface area contributed by atoms with E-state index in [4.69, 9.17) is 0 Å². The van der Waals surface area contributed by atoms with Crippen molar-refractivity contribution in [3.05, 3.63) is 38.8 Å². The van der Waals surface area contributed by atoms with Crippen LogP contribution in [0.15, 0.2) is 18.2 Å². The van der Waals surface area contributed by atoms with E-state index in [0.717, 1.165) is 17.9 Å². The van der Waals surface area contributed by atoms with Crippen LogP contribution in [0.3, 0.4) is 0 Å². The summed E-state index contributed by atoms with van der Waals surface area (Å²) < 4.78 is 13.7. The average molecular weight is 319 g/mol. The second-order valence-electron chi connectivity index (χ2n) is 4.36. The van der Waals surface area contributed by atoms with Gasteiger partial charge in [-0.15, -0.1) is 0 Å². The van der Waals surface area contributed by atoms with Crippen molar-refractivity contribution in [1.29, 1.82) is 0 Å². The molecule has 1 radical (unpaired) electrons. The van der Waals surface area contributed by atoms with Gasteiger partial charge in [-0.2, -0.15) is 0 Å². The first-order chi connectivity index (χ1) is 7.02. The Morgan fingerprint density at radius 3 is 2.53 bits per heavy atom. The van der Waals surface area contributed by atoms with Crippen LogP contribution in [-0.4, -0.2) is 6.67 Å². The fraction of sp³-hybridized carbons (Fsp3) is 0.462. The Kier molecular flexibility index (Phi) is 5.03. The highest BCUT2D eigenvalue weighted by Crippen LogP contribution is 2.21. The van der Waals surface area contributed by atoms with E-state index in [2.05, 4.69) is 48.6 Å². The molecule has 0 aliphatic carbocycles. The summed E-state index contributed by atoms with van der Waals surface area (Å²) in [6.07, 6.45) is 1.06. The summed E-state index contributed by atoms with van der Waals surface area (Å²) in [6, 6.07) is 6.33. The molecule has 0 saturated heterocycles. The Morgan fingerprint density at radius 2 is 2.00 bits per heavy atom. The number of rotatable bonds is 4. The number of alkyl halides is 1. The van der Waals surface area contributed by atoms with Crippen molar-refractivity contribution in [2.24, 2.45) is 5.92 Å². The minimum absolute atomic E-state index is 0.360. The minimum Gasteiger partial charge on any atom is -0.250 e. The molecule has 0 nitrogen and oxygen atoms in total. The molecule has 0 fully saturated rings. The van der Waals surface area contributed by atoms with Crippen molar-refractivity contribution in [3.63, 3.8) is 0 Å². The van der Waals surface area contributed by atoms with Gasteiger partial charge in [-0.1, -0.05) is 26.8 Å². The molecular formula is C13H17FI. The van der Waals surface area contributed by atoms with Gasteiger partial charge in [0.05, 0.1) is 6.67 Å². The summed E-state index contributed by atoms with van der Waals surface area (Å²) in [4.78, 5) is 0. The first-order valence-electron chi connectivity index (χ1n) is 5.21. The first kappa shape index (κ1) is 12.9. The highest BCUT2D eigenvalue weighted by molar-refractivity contribution is 14.1. The molecule has 0 aliphatic rings. The van der Waals surface area contributed by atoms with Crippen LogP contribution < -0.4 is 0 Å². The van der Waals surface area contributed by atoms with Crippen molar-refractivity contribution in [2.75, 3.05) is 6.67 Å². The van der Waals surface area contributed by atoms with Gasteiger partial charge in [0.2, 0.25) is 0 Å². The molecule has 0 spiro atoms. The fourth-order valence-electron chi connectivity index (χ4n) is 1.56. The lowest BCUT2D eigenvalue weighted by Gasteiger charge is -2.11. The van der Waals surface area contributed by atoms with Gasteiger partial charge < -0.3 is 0 Å². The van der Waals surface area contributed by atoms with Crippen LogP contribution in [0.1, 0.15) is 31.9 Å². The van der Waals surface area contributed by atoms with Gasteiger partial charge in [0.25, 0.3) is 0 Å². The first-order valence-corrected chi connectivity index (χ1v) is 6.29. The third kappa shape index (κ3) is 4.09. The van der Waals surface area contributed by atoms with Gasteiger partial charge in [0, 0.05) is 9.49 Å². The largest absolute Gasteiger partial charge is 0.250 e. The molecule has 1 aromatic carbocycles. The zero-order chi connectivity index (χ0) is 11.4. The lowest BCUT2D eigenvalue weighted by Crippen LogP contribution is -2.01. The standard InChI is InChI=1S/C13H17FI/c1-9(2)4-11-5-12(10(3)8-14)7-13(15)6-11/h5-7,9H,4,8H2,1-3H3. The van der Waals surface area contributed by atoms with E-state index in [0.29, 0.717) is 5.92 Å². The summed E-state index contributed by atoms with van der Waals surface area (Å²) in [5.74, 6) is 1.46. The Morgan fingerprint density at radius 1 is 1.33 bits per heavy atom. The van der Waals surface area contributed by atoms with Gasteiger partial charge in [-0.25, -0.2) is 0 Å². The van der Waals surface area contributed by atoms with E-state index in [-0.39, 0.29) is 6.67 Å². The molecule has 0 unspecified atom stereocenters. The van der Waals surface area contributed by atoms with E-state index in [1.807, 2.05) is 13.0 Å². The van der Waals surface area contributed by atoms with Crippen molar-refractivity contribution in [1.82, 2.24) is 0 Å². The van der Waals surface area contributed by atoms with Crippen molar-refractivity contribution < 1.29 is 4.39 Å². The molecule has 0 N–H and O–H groups in total. The van der Waals surface area contributed by atoms with Crippen LogP contribution in [-0.2, 0) is 6.42 Å². The molecule has 0 saturated carbocycles. The summed E-state index contributed by atoms with van der Waals surface area (Å²) >= 11 is 2.29. The van der Waals surface area contributed by atoms with Crippen LogP contribution in [0.5, 0.6) is 0 Å². The third-order valence-electron chi connectivity index (χ3n) is 2.29. The van der Waals surface area contributed by atoms with Gasteiger partial charge in [-0.05, 0) is 58.2 Å². The highest BCUT2D eigenvalue weighted by atomic mass is 127. The molecule has 1 rings (SSSR count). The van der Waals surface area contributed by atoms with Crippen LogP contribution in [0, 0.1) is 15.4 Å². The number of benzene rings is 1. The SMILES string of the molecule is C[C](CF)c1cc(I)cc(CC(C)C)c1. The molecule has 0 bridgehead atoms. The summed E-state index contributed by atoms with van der Waals surface area (Å²) in [7, 11) is 0. The van der Waals surface area contributed by atoms with E-state index >= 15 is 0 Å². The fourth-order valence-corrected chi connectivity index (χ4v) is 2.30. The molecule has 0 heterocycles. The summed E-state index contributed by atoms with van der Waals surface area (Å²) in [5.41, 5.74) is 2.35. The Bertz CT molecular complexity index is 320. The molecule has 15 heavy (non-hydrogen) atoms. The van der Waals surface area contributed by atoms with Crippen LogP contribution in [0.2, 0.25) is 0 Å². The van der Waals surface area contributed by atoms with Crippen molar-refractivity contribution >= 4 is 22.6 Å². The number of hydrogen-bond donors (Lipinski definition) is 0. The Labute approximate surface area is 105 Å². The zero-order valence-electron chi connectivity index (χ0n) is 9.48. The van der Waals surface area contributed by atoms with Gasteiger partial charge >= 0.3 is 0 Å². The maximum Gasteiger partial charge on any atom is 0.0997 e. The van der Waals surface area contributed by atoms with Gasteiger partial charge in [0.1, 0.15) is 0 Å². The van der Waals surface area contributed by atoms with Crippen molar-refractivity contribution in [3.8, 4) is 0 Å². The number of halogens is 2. The smallest absolute Gasteiger partial charge is 0.0997 e. The molecule has 0 amide bonds. The minimum atomic E-state index is -0.360. The molecule has 83 valence electrons. The predicted molar refractivity (Wildman–Crippen MR) is 71.7 cm³/mol. The topological polar surface area (TPSA) is 0 Å². The van der Waals surface area contributed by atoms with E-state index in [1.54, 1.807) is 0 Å². The number of hydrogen-bond acceptors (Lipinski definition) is 0. The predicted octanol–water partition coefficient (Wildman–Crippen LogP) is 4.40. The monoisotopic (exact) mass is 319 g/mol. The third-order valence-corrected chi connectivity index (χ3v) is 2.92. The lowest BCUT2D eigenvalue weighted by atomic mass is 9.96. The maximum absolute atomic E-state index is 12.6. The van der Waals surface area contributed by atoms with Gasteiger partial charge in [-0.3, -0.25) is 4.39 Å². The van der Waals surface area contributed by atoms with Crippen LogP contribution in [0.4, 0.5) is 4.39 Å². The van der Waals surface area contributed by atoms with Crippen molar-refractivity contribution in [2.45, 2.75) is 27.2 Å². The van der Waals surface area contributed by atoms with E-state index in [1.165, 1.54) is 9.13 Å². The van der Waals surface area contributed by atoms with Crippen LogP contribution >= 0.6 is 22.6 Å². The van der Waals surface area contributed by atoms with Gasteiger partial charge in [0.15, 0.2) is 0 Å². The second kappa shape index (κ2) is 5.83. The molecule has 0 aliphatic heterocycles. The Hall–Kier alpha value is -0.120. The molecular weight excluding hydrogens is 302 g/mol. The molecule has 2 heteroatoms. The second-order valence-corrected chi connectivity index (χ2v) is 5.61. The average Bonchev–Trinajstić information content (AvgIpc) is 2.14. The summed E-state index contributed by atoms with van der Waals surface area (Å²) in [5, 5.41) is 0. The molecule has 0 atom stereocenters. The Balaban J connectivity index is 2.94. The molecule has 1 aromatic rings. The highest BCUT2D eigenvalue weighted by Gasteiger charge is 2.08. The van der Waals surface area contributed by atoms with E-state index < -0.39 is 0 Å². The lowest BCUT2D eigenvalue weighted by molar-refractivity contribution is 0.516. The normalized spacial score (nSPS) is 11.4. The summed E-state index contributed by atoms with van der Waals surface area (Å²) in [6.45, 7) is 5.89. The maximum atomic E-state index is 12.6. The zero-order valence-corrected chi connectivity index (χ0v) is 11.6. The van der Waals surface area contributed by atoms with E-state index in [9.17, 15) is 4.39 Å².